The van der Waals surface area contributed by atoms with Crippen LogP contribution in [0.1, 0.15) is 51.6 Å². The third-order valence-electron chi connectivity index (χ3n) is 5.73. The number of carbonyl (C=O) groups is 1. The fourth-order valence-electron chi connectivity index (χ4n) is 4.24. The SMILES string of the molecule is CC(C)CC(=O)N1CCC2(CC1)OCC[C@@H]2CCOCc1ccccn1. The topological polar surface area (TPSA) is 51.7 Å². The molecule has 1 aromatic heterocycles. The first-order valence-electron chi connectivity index (χ1n) is 9.98. The van der Waals surface area contributed by atoms with Gasteiger partial charge in [0, 0.05) is 38.9 Å². The number of rotatable bonds is 7. The lowest BCUT2D eigenvalue weighted by Gasteiger charge is -2.42. The van der Waals surface area contributed by atoms with E-state index in [4.69, 9.17) is 9.47 Å². The van der Waals surface area contributed by atoms with Crippen LogP contribution < -0.4 is 0 Å². The number of hydrogen-bond donors (Lipinski definition) is 0. The Balaban J connectivity index is 1.44. The van der Waals surface area contributed by atoms with Gasteiger partial charge in [0.15, 0.2) is 0 Å². The monoisotopic (exact) mass is 360 g/mol. The third-order valence-corrected chi connectivity index (χ3v) is 5.73. The predicted molar refractivity (Wildman–Crippen MR) is 101 cm³/mol. The van der Waals surface area contributed by atoms with Crippen LogP contribution in [0.2, 0.25) is 0 Å². The Labute approximate surface area is 157 Å². The van der Waals surface area contributed by atoms with Crippen LogP contribution in [0.25, 0.3) is 0 Å². The van der Waals surface area contributed by atoms with Gasteiger partial charge in [-0.15, -0.1) is 0 Å². The standard InChI is InChI=1S/C21H32N2O3/c1-17(2)15-20(24)23-11-8-21(9-12-23)18(7-14-26-21)6-13-25-16-19-5-3-4-10-22-19/h3-5,10,17-18H,6-9,11-16H2,1-2H3/t18-/m0/s1. The van der Waals surface area contributed by atoms with Gasteiger partial charge in [0.2, 0.25) is 5.91 Å². The molecule has 2 aliphatic rings. The molecule has 1 aromatic rings. The maximum atomic E-state index is 12.3. The molecule has 26 heavy (non-hydrogen) atoms. The molecular weight excluding hydrogens is 328 g/mol. The van der Waals surface area contributed by atoms with Gasteiger partial charge in [0.1, 0.15) is 0 Å². The molecule has 5 heteroatoms. The molecule has 144 valence electrons. The number of pyridine rings is 1. The first-order chi connectivity index (χ1) is 12.6. The number of amides is 1. The van der Waals surface area contributed by atoms with Crippen LogP contribution in [-0.4, -0.2) is 47.7 Å². The number of piperidine rings is 1. The van der Waals surface area contributed by atoms with Crippen molar-refractivity contribution in [1.82, 2.24) is 9.88 Å². The molecule has 0 N–H and O–H groups in total. The lowest BCUT2D eigenvalue weighted by Crippen LogP contribution is -2.49. The van der Waals surface area contributed by atoms with Crippen molar-refractivity contribution in [2.24, 2.45) is 11.8 Å². The summed E-state index contributed by atoms with van der Waals surface area (Å²) in [6.07, 6.45) is 6.49. The maximum absolute atomic E-state index is 12.3. The van der Waals surface area contributed by atoms with Crippen LogP contribution in [0, 0.1) is 11.8 Å². The lowest BCUT2D eigenvalue weighted by molar-refractivity contribution is -0.138. The van der Waals surface area contributed by atoms with Gasteiger partial charge < -0.3 is 14.4 Å². The Kier molecular flexibility index (Phi) is 6.65. The van der Waals surface area contributed by atoms with Gasteiger partial charge in [0.05, 0.1) is 17.9 Å². The summed E-state index contributed by atoms with van der Waals surface area (Å²) in [5.41, 5.74) is 0.935. The van der Waals surface area contributed by atoms with Crippen molar-refractivity contribution in [2.45, 2.75) is 58.2 Å². The molecule has 2 saturated heterocycles. The second-order valence-corrected chi connectivity index (χ2v) is 8.04. The van der Waals surface area contributed by atoms with E-state index in [1.807, 2.05) is 23.1 Å². The number of aromatic nitrogens is 1. The number of hydrogen-bond acceptors (Lipinski definition) is 4. The number of ether oxygens (including phenoxy) is 2. The molecule has 0 bridgehead atoms. The Morgan fingerprint density at radius 2 is 2.19 bits per heavy atom. The van der Waals surface area contributed by atoms with Crippen LogP contribution in [0.4, 0.5) is 0 Å². The van der Waals surface area contributed by atoms with Gasteiger partial charge in [-0.25, -0.2) is 0 Å². The summed E-state index contributed by atoms with van der Waals surface area (Å²) in [7, 11) is 0. The van der Waals surface area contributed by atoms with E-state index in [0.717, 1.165) is 57.7 Å². The average Bonchev–Trinajstić information content (AvgIpc) is 3.01. The molecule has 5 nitrogen and oxygen atoms in total. The van der Waals surface area contributed by atoms with Gasteiger partial charge in [-0.1, -0.05) is 19.9 Å². The number of likely N-dealkylation sites (tertiary alicyclic amines) is 1. The molecule has 3 rings (SSSR count). The van der Waals surface area contributed by atoms with Crippen molar-refractivity contribution < 1.29 is 14.3 Å². The Hall–Kier alpha value is -1.46. The second kappa shape index (κ2) is 8.96. The normalized spacial score (nSPS) is 22.3. The number of nitrogens with zero attached hydrogens (tertiary/aromatic N) is 2. The summed E-state index contributed by atoms with van der Waals surface area (Å²) in [4.78, 5) is 18.6. The van der Waals surface area contributed by atoms with Crippen LogP contribution in [-0.2, 0) is 20.9 Å². The molecule has 0 unspecified atom stereocenters. The highest BCUT2D eigenvalue weighted by molar-refractivity contribution is 5.76. The summed E-state index contributed by atoms with van der Waals surface area (Å²) in [5, 5.41) is 0. The van der Waals surface area contributed by atoms with Crippen LogP contribution in [0.5, 0.6) is 0 Å². The smallest absolute Gasteiger partial charge is 0.222 e. The van der Waals surface area contributed by atoms with Crippen LogP contribution in [0.15, 0.2) is 24.4 Å². The largest absolute Gasteiger partial charge is 0.375 e. The minimum absolute atomic E-state index is 0.0387. The first kappa shape index (κ1) is 19.3. The molecule has 2 fully saturated rings. The zero-order chi connectivity index (χ0) is 18.4. The Morgan fingerprint density at radius 1 is 1.38 bits per heavy atom. The average molecular weight is 360 g/mol. The minimum Gasteiger partial charge on any atom is -0.375 e. The lowest BCUT2D eigenvalue weighted by atomic mass is 9.78. The van der Waals surface area contributed by atoms with Crippen molar-refractivity contribution in [1.29, 1.82) is 0 Å². The molecule has 0 saturated carbocycles. The van der Waals surface area contributed by atoms with Crippen LogP contribution >= 0.6 is 0 Å². The molecule has 0 aromatic carbocycles. The summed E-state index contributed by atoms with van der Waals surface area (Å²) in [5.74, 6) is 1.25. The zero-order valence-electron chi connectivity index (χ0n) is 16.2. The second-order valence-electron chi connectivity index (χ2n) is 8.04. The van der Waals surface area contributed by atoms with Crippen molar-refractivity contribution >= 4 is 5.91 Å². The van der Waals surface area contributed by atoms with Crippen molar-refractivity contribution in [3.63, 3.8) is 0 Å². The van der Waals surface area contributed by atoms with E-state index in [1.54, 1.807) is 6.20 Å². The highest BCUT2D eigenvalue weighted by atomic mass is 16.5. The Morgan fingerprint density at radius 3 is 2.88 bits per heavy atom. The molecule has 1 spiro atoms. The summed E-state index contributed by atoms with van der Waals surface area (Å²) >= 11 is 0. The first-order valence-corrected chi connectivity index (χ1v) is 9.98. The van der Waals surface area contributed by atoms with Crippen molar-refractivity contribution in [3.8, 4) is 0 Å². The van der Waals surface area contributed by atoms with Gasteiger partial charge >= 0.3 is 0 Å². The fraction of sp³-hybridized carbons (Fsp3) is 0.714. The van der Waals surface area contributed by atoms with E-state index in [1.165, 1.54) is 0 Å². The Bertz CT molecular complexity index is 568. The van der Waals surface area contributed by atoms with Gasteiger partial charge in [-0.2, -0.15) is 0 Å². The minimum atomic E-state index is -0.0387. The fourth-order valence-corrected chi connectivity index (χ4v) is 4.24. The van der Waals surface area contributed by atoms with E-state index in [0.29, 0.717) is 30.8 Å². The summed E-state index contributed by atoms with van der Waals surface area (Å²) in [6, 6.07) is 5.89. The van der Waals surface area contributed by atoms with Gasteiger partial charge in [-0.05, 0) is 49.7 Å². The molecule has 0 radical (unpaired) electrons. The third kappa shape index (κ3) is 4.83. The van der Waals surface area contributed by atoms with Gasteiger partial charge in [-0.3, -0.25) is 9.78 Å². The maximum Gasteiger partial charge on any atom is 0.222 e. The molecule has 2 aliphatic heterocycles. The highest BCUT2D eigenvalue weighted by Gasteiger charge is 2.46. The van der Waals surface area contributed by atoms with Gasteiger partial charge in [0.25, 0.3) is 0 Å². The van der Waals surface area contributed by atoms with Crippen molar-refractivity contribution in [2.75, 3.05) is 26.3 Å². The molecule has 1 atom stereocenters. The van der Waals surface area contributed by atoms with Crippen molar-refractivity contribution in [3.05, 3.63) is 30.1 Å². The van der Waals surface area contributed by atoms with E-state index in [2.05, 4.69) is 18.8 Å². The molecule has 0 aliphatic carbocycles. The van der Waals surface area contributed by atoms with E-state index in [-0.39, 0.29) is 5.60 Å². The highest BCUT2D eigenvalue weighted by Crippen LogP contribution is 2.42. The summed E-state index contributed by atoms with van der Waals surface area (Å²) in [6.45, 7) is 8.01. The quantitative estimate of drug-likeness (QED) is 0.699. The zero-order valence-corrected chi connectivity index (χ0v) is 16.2. The van der Waals surface area contributed by atoms with E-state index in [9.17, 15) is 4.79 Å². The van der Waals surface area contributed by atoms with Crippen LogP contribution in [0.3, 0.4) is 0 Å². The molecule has 1 amide bonds. The van der Waals surface area contributed by atoms with E-state index < -0.39 is 0 Å². The number of carbonyl (C=O) groups excluding carboxylic acids is 1. The predicted octanol–water partition coefficient (Wildman–Crippen LogP) is 3.43. The molecular formula is C21H32N2O3. The van der Waals surface area contributed by atoms with E-state index >= 15 is 0 Å². The molecule has 3 heterocycles. The summed E-state index contributed by atoms with van der Waals surface area (Å²) < 4.78 is 12.0.